The Kier molecular flexibility index (Phi) is 3.03. The van der Waals surface area contributed by atoms with E-state index in [-0.39, 0.29) is 12.4 Å². The van der Waals surface area contributed by atoms with Crippen molar-refractivity contribution in [3.63, 3.8) is 0 Å². The molecular formula is C19H12ClNS. The predicted octanol–water partition coefficient (Wildman–Crippen LogP) is 1.95. The highest BCUT2D eigenvalue weighted by atomic mass is 35.5. The van der Waals surface area contributed by atoms with Gasteiger partial charge in [-0.2, -0.15) is 0 Å². The minimum Gasteiger partial charge on any atom is -1.00 e. The lowest BCUT2D eigenvalue weighted by molar-refractivity contribution is -0.446. The molecule has 0 spiro atoms. The molecule has 3 aromatic carbocycles. The third-order valence-corrected chi connectivity index (χ3v) is 5.22. The van der Waals surface area contributed by atoms with Crippen LogP contribution in [0.5, 0.6) is 0 Å². The summed E-state index contributed by atoms with van der Waals surface area (Å²) in [7, 11) is 0. The van der Waals surface area contributed by atoms with Gasteiger partial charge in [-0.3, -0.25) is 0 Å². The van der Waals surface area contributed by atoms with Crippen LogP contribution in [0, 0.1) is 0 Å². The van der Waals surface area contributed by atoms with Crippen molar-refractivity contribution in [2.75, 3.05) is 0 Å². The second-order valence-corrected chi connectivity index (χ2v) is 6.36. The van der Waals surface area contributed by atoms with Crippen molar-refractivity contribution in [1.82, 2.24) is 0 Å². The van der Waals surface area contributed by atoms with E-state index in [1.54, 1.807) is 0 Å². The van der Waals surface area contributed by atoms with Gasteiger partial charge in [0, 0.05) is 18.2 Å². The Morgan fingerprint density at radius 2 is 1.45 bits per heavy atom. The number of halogens is 1. The van der Waals surface area contributed by atoms with Crippen LogP contribution in [-0.4, -0.2) is 0 Å². The van der Waals surface area contributed by atoms with Crippen LogP contribution in [0.4, 0.5) is 0 Å². The van der Waals surface area contributed by atoms with Crippen molar-refractivity contribution in [1.29, 1.82) is 0 Å². The van der Waals surface area contributed by atoms with Gasteiger partial charge in [0.2, 0.25) is 11.0 Å². The molecule has 0 aliphatic carbocycles. The van der Waals surface area contributed by atoms with Gasteiger partial charge in [-0.05, 0) is 29.0 Å². The molecule has 0 fully saturated rings. The number of rotatable bonds is 0. The van der Waals surface area contributed by atoms with Gasteiger partial charge in [-0.15, -0.1) is 4.40 Å². The van der Waals surface area contributed by atoms with Gasteiger partial charge < -0.3 is 12.4 Å². The normalized spacial score (nSPS) is 11.3. The van der Waals surface area contributed by atoms with E-state index in [9.17, 15) is 0 Å². The lowest BCUT2D eigenvalue weighted by Gasteiger charge is -2.00. The van der Waals surface area contributed by atoms with Crippen molar-refractivity contribution in [2.45, 2.75) is 0 Å². The van der Waals surface area contributed by atoms with Crippen molar-refractivity contribution in [2.24, 2.45) is 0 Å². The van der Waals surface area contributed by atoms with Gasteiger partial charge in [0.25, 0.3) is 4.83 Å². The van der Waals surface area contributed by atoms with E-state index in [1.165, 1.54) is 36.7 Å². The van der Waals surface area contributed by atoms with Crippen LogP contribution in [0.2, 0.25) is 0 Å². The van der Waals surface area contributed by atoms with Gasteiger partial charge in [0.05, 0.1) is 5.39 Å². The van der Waals surface area contributed by atoms with Gasteiger partial charge in [-0.1, -0.05) is 47.7 Å². The third kappa shape index (κ3) is 1.75. The first-order valence-corrected chi connectivity index (χ1v) is 7.87. The molecule has 2 heterocycles. The topological polar surface area (TPSA) is 4.10 Å². The zero-order valence-electron chi connectivity index (χ0n) is 11.7. The monoisotopic (exact) mass is 321 g/mol. The zero-order chi connectivity index (χ0) is 13.8. The van der Waals surface area contributed by atoms with Crippen molar-refractivity contribution in [3.05, 3.63) is 72.8 Å². The van der Waals surface area contributed by atoms with E-state index in [0.717, 1.165) is 0 Å². The number of thiazole rings is 1. The first kappa shape index (κ1) is 13.5. The van der Waals surface area contributed by atoms with E-state index in [4.69, 9.17) is 0 Å². The SMILES string of the molecule is [Cl-].c1ccc2c(c1)ccc1c2ccc2sc3ccccc3[n+]21. The largest absolute Gasteiger partial charge is 1.00 e. The molecule has 3 heteroatoms. The number of hydrogen-bond acceptors (Lipinski definition) is 1. The van der Waals surface area contributed by atoms with E-state index < -0.39 is 0 Å². The summed E-state index contributed by atoms with van der Waals surface area (Å²) >= 11 is 1.84. The molecule has 2 aromatic heterocycles. The maximum absolute atomic E-state index is 2.38. The molecule has 0 saturated heterocycles. The molecule has 0 amide bonds. The van der Waals surface area contributed by atoms with E-state index in [2.05, 4.69) is 77.2 Å². The molecule has 5 rings (SSSR count). The minimum absolute atomic E-state index is 0. The summed E-state index contributed by atoms with van der Waals surface area (Å²) in [5.74, 6) is 0. The fourth-order valence-electron chi connectivity index (χ4n) is 3.17. The van der Waals surface area contributed by atoms with Gasteiger partial charge in [0.15, 0.2) is 0 Å². The first-order valence-electron chi connectivity index (χ1n) is 7.06. The second kappa shape index (κ2) is 4.94. The van der Waals surface area contributed by atoms with Gasteiger partial charge in [0.1, 0.15) is 4.70 Å². The van der Waals surface area contributed by atoms with Crippen LogP contribution >= 0.6 is 11.3 Å². The molecule has 5 aromatic rings. The zero-order valence-corrected chi connectivity index (χ0v) is 13.2. The summed E-state index contributed by atoms with van der Waals surface area (Å²) in [6.07, 6.45) is 0. The van der Waals surface area contributed by atoms with Crippen molar-refractivity contribution in [3.8, 4) is 0 Å². The van der Waals surface area contributed by atoms with Crippen molar-refractivity contribution >= 4 is 48.1 Å². The maximum atomic E-state index is 2.38. The second-order valence-electron chi connectivity index (χ2n) is 5.30. The summed E-state index contributed by atoms with van der Waals surface area (Å²) in [6, 6.07) is 26.2. The van der Waals surface area contributed by atoms with Crippen LogP contribution in [-0.2, 0) is 0 Å². The fourth-order valence-corrected chi connectivity index (χ4v) is 4.23. The number of nitrogens with zero attached hydrogens (tertiary/aromatic N) is 1. The van der Waals surface area contributed by atoms with Gasteiger partial charge >= 0.3 is 0 Å². The lowest BCUT2D eigenvalue weighted by Crippen LogP contribution is -3.00. The van der Waals surface area contributed by atoms with Crippen LogP contribution in [0.15, 0.2) is 72.8 Å². The quantitative estimate of drug-likeness (QED) is 0.303. The summed E-state index contributed by atoms with van der Waals surface area (Å²) in [5.41, 5.74) is 2.57. The van der Waals surface area contributed by atoms with E-state index in [0.29, 0.717) is 0 Å². The first-order chi connectivity index (χ1) is 10.4. The van der Waals surface area contributed by atoms with Crippen LogP contribution in [0.25, 0.3) is 36.7 Å². The molecule has 0 bridgehead atoms. The fraction of sp³-hybridized carbons (Fsp3) is 0. The Morgan fingerprint density at radius 3 is 2.41 bits per heavy atom. The van der Waals surface area contributed by atoms with Crippen LogP contribution in [0.3, 0.4) is 0 Å². The Bertz CT molecular complexity index is 1140. The lowest BCUT2D eigenvalue weighted by atomic mass is 10.1. The summed E-state index contributed by atoms with van der Waals surface area (Å²) in [6.45, 7) is 0. The molecular weight excluding hydrogens is 310 g/mol. The number of benzene rings is 3. The molecule has 0 aliphatic heterocycles. The Hall–Kier alpha value is -2.16. The molecule has 0 N–H and O–H groups in total. The Labute approximate surface area is 137 Å². The Morgan fingerprint density at radius 1 is 0.636 bits per heavy atom. The van der Waals surface area contributed by atoms with E-state index in [1.807, 2.05) is 11.3 Å². The highest BCUT2D eigenvalue weighted by Gasteiger charge is 2.17. The molecule has 0 unspecified atom stereocenters. The molecule has 1 nitrogen and oxygen atoms in total. The predicted molar refractivity (Wildman–Crippen MR) is 90.0 cm³/mol. The molecule has 0 radical (unpaired) electrons. The van der Waals surface area contributed by atoms with Crippen LogP contribution < -0.4 is 16.8 Å². The molecule has 22 heavy (non-hydrogen) atoms. The average molecular weight is 322 g/mol. The number of aromatic nitrogens is 1. The van der Waals surface area contributed by atoms with Crippen LogP contribution in [0.1, 0.15) is 0 Å². The number of hydrogen-bond donors (Lipinski definition) is 0. The number of para-hydroxylation sites is 1. The molecule has 0 atom stereocenters. The molecule has 106 valence electrons. The summed E-state index contributed by atoms with van der Waals surface area (Å²) in [5, 5.41) is 3.93. The summed E-state index contributed by atoms with van der Waals surface area (Å²) in [4.78, 5) is 1.29. The third-order valence-electron chi connectivity index (χ3n) is 4.12. The van der Waals surface area contributed by atoms with E-state index >= 15 is 0 Å². The number of fused-ring (bicyclic) bond motifs is 7. The molecule has 0 aliphatic rings. The Balaban J connectivity index is 0.00000125. The smallest absolute Gasteiger partial charge is 0.268 e. The standard InChI is InChI=1S/C19H12NS.ClH/c1-2-6-14-13(5-1)9-11-16-15(14)10-12-19-20(16)17-7-3-4-8-18(17)21-19;/h1-12H;1H/q+1;/p-1. The number of pyridine rings is 1. The van der Waals surface area contributed by atoms with Gasteiger partial charge in [-0.25, -0.2) is 0 Å². The summed E-state index contributed by atoms with van der Waals surface area (Å²) < 4.78 is 3.71. The molecule has 0 saturated carbocycles. The van der Waals surface area contributed by atoms with Crippen molar-refractivity contribution < 1.29 is 16.8 Å². The minimum atomic E-state index is 0. The highest BCUT2D eigenvalue weighted by Crippen LogP contribution is 2.28. The average Bonchev–Trinajstić information content (AvgIpc) is 2.93. The maximum Gasteiger partial charge on any atom is 0.268 e. The highest BCUT2D eigenvalue weighted by molar-refractivity contribution is 7.23.